The number of carbonyl (C=O) groups excluding carboxylic acids is 4. The zero-order valence-electron chi connectivity index (χ0n) is 23.3. The molecule has 4 aromatic carbocycles. The van der Waals surface area contributed by atoms with Crippen LogP contribution in [-0.4, -0.2) is 59.0 Å². The molecular weight excluding hydrogens is 584 g/mol. The molecule has 6 rings (SSSR count). The van der Waals surface area contributed by atoms with Crippen molar-refractivity contribution in [2.24, 2.45) is 0 Å². The Bertz CT molecular complexity index is 1780. The molecule has 0 spiro atoms. The van der Waals surface area contributed by atoms with Crippen molar-refractivity contribution >= 4 is 46.9 Å². The van der Waals surface area contributed by atoms with Crippen molar-refractivity contribution < 1.29 is 48.5 Å². The number of aromatic carboxylic acids is 2. The van der Waals surface area contributed by atoms with Crippen molar-refractivity contribution in [1.29, 1.82) is 0 Å². The summed E-state index contributed by atoms with van der Waals surface area (Å²) in [5.41, 5.74) is 0.832. The summed E-state index contributed by atoms with van der Waals surface area (Å²) >= 11 is 0. The minimum absolute atomic E-state index is 0.0366. The van der Waals surface area contributed by atoms with Gasteiger partial charge >= 0.3 is 11.9 Å². The van der Waals surface area contributed by atoms with Crippen molar-refractivity contribution in [3.05, 3.63) is 118 Å². The van der Waals surface area contributed by atoms with Crippen LogP contribution >= 0.6 is 0 Å². The largest absolute Gasteiger partial charge is 0.493 e. The van der Waals surface area contributed by atoms with Crippen LogP contribution in [0.3, 0.4) is 0 Å². The number of fused-ring (bicyclic) bond motifs is 2. The van der Waals surface area contributed by atoms with Gasteiger partial charge in [0.15, 0.2) is 0 Å². The summed E-state index contributed by atoms with van der Waals surface area (Å²) in [7, 11) is 0. The summed E-state index contributed by atoms with van der Waals surface area (Å²) in [4.78, 5) is 75.7. The maximum absolute atomic E-state index is 12.8. The molecule has 0 fully saturated rings. The van der Waals surface area contributed by atoms with Crippen molar-refractivity contribution in [3.63, 3.8) is 0 Å². The van der Waals surface area contributed by atoms with Gasteiger partial charge < -0.3 is 19.7 Å². The van der Waals surface area contributed by atoms with Crippen LogP contribution in [0.15, 0.2) is 84.9 Å². The number of anilines is 2. The highest BCUT2D eigenvalue weighted by Gasteiger charge is 2.38. The SMILES string of the molecule is O=C(O)c1ccc2c(c1)C(=O)N(c1ccc(OCCCOc3ccc(N4C(=O)c5ccc(C(=O)O)cc5C4=O)cc3)cc1)C2=O. The molecule has 0 radical (unpaired) electrons. The second-order valence-electron chi connectivity index (χ2n) is 10.1. The molecule has 0 atom stereocenters. The molecule has 0 aliphatic carbocycles. The lowest BCUT2D eigenvalue weighted by molar-refractivity contribution is 0.0686. The molecule has 2 N–H and O–H groups in total. The van der Waals surface area contributed by atoms with Gasteiger partial charge in [0.05, 0.1) is 58.0 Å². The third-order valence-corrected chi connectivity index (χ3v) is 7.28. The molecule has 0 saturated heterocycles. The van der Waals surface area contributed by atoms with E-state index in [1.165, 1.54) is 36.4 Å². The Morgan fingerprint density at radius 3 is 1.22 bits per heavy atom. The molecule has 4 aromatic rings. The molecule has 12 heteroatoms. The number of carboxylic acid groups (broad SMARTS) is 2. The van der Waals surface area contributed by atoms with E-state index < -0.39 is 35.6 Å². The molecule has 12 nitrogen and oxygen atoms in total. The molecule has 2 aliphatic rings. The Hall–Kier alpha value is -6.30. The third kappa shape index (κ3) is 5.25. The minimum atomic E-state index is -1.19. The summed E-state index contributed by atoms with van der Waals surface area (Å²) in [5.74, 6) is -3.66. The number of nitrogens with zero attached hydrogens (tertiary/aromatic N) is 2. The number of hydrogen-bond acceptors (Lipinski definition) is 8. The molecule has 0 aromatic heterocycles. The summed E-state index contributed by atoms with van der Waals surface area (Å²) in [6.07, 6.45) is 0.512. The number of ether oxygens (including phenoxy) is 2. The molecule has 4 amide bonds. The first-order chi connectivity index (χ1) is 21.6. The number of carboxylic acids is 2. The van der Waals surface area contributed by atoms with Crippen LogP contribution in [-0.2, 0) is 0 Å². The molecule has 45 heavy (non-hydrogen) atoms. The van der Waals surface area contributed by atoms with E-state index in [-0.39, 0.29) is 33.4 Å². The lowest BCUT2D eigenvalue weighted by atomic mass is 10.1. The van der Waals surface area contributed by atoms with E-state index in [1.54, 1.807) is 48.5 Å². The minimum Gasteiger partial charge on any atom is -0.493 e. The molecule has 0 saturated carbocycles. The van der Waals surface area contributed by atoms with Gasteiger partial charge in [-0.3, -0.25) is 19.2 Å². The first kappa shape index (κ1) is 28.8. The van der Waals surface area contributed by atoms with E-state index in [9.17, 15) is 39.0 Å². The number of rotatable bonds is 10. The van der Waals surface area contributed by atoms with Gasteiger partial charge in [0.2, 0.25) is 0 Å². The maximum atomic E-state index is 12.8. The highest BCUT2D eigenvalue weighted by molar-refractivity contribution is 6.35. The Morgan fingerprint density at radius 1 is 0.511 bits per heavy atom. The second-order valence-corrected chi connectivity index (χ2v) is 10.1. The topological polar surface area (TPSA) is 168 Å². The van der Waals surface area contributed by atoms with Crippen molar-refractivity contribution in [2.75, 3.05) is 23.0 Å². The van der Waals surface area contributed by atoms with Gasteiger partial charge in [-0.2, -0.15) is 0 Å². The molecular formula is C33H22N2O10. The monoisotopic (exact) mass is 606 g/mol. The number of carbonyl (C=O) groups is 6. The average Bonchev–Trinajstić information content (AvgIpc) is 3.44. The maximum Gasteiger partial charge on any atom is 0.335 e. The van der Waals surface area contributed by atoms with Crippen LogP contribution in [0.5, 0.6) is 11.5 Å². The predicted octanol–water partition coefficient (Wildman–Crippen LogP) is 4.53. The smallest absolute Gasteiger partial charge is 0.335 e. The standard InChI is InChI=1S/C33H22N2O10/c36-28-24-12-2-18(32(40)41)16-26(24)30(38)34(28)20-4-8-22(9-5-20)44-14-1-15-45-23-10-6-21(7-11-23)35-29(37)25-13-3-19(33(42)43)17-27(25)31(35)39/h2-13,16-17H,1,14-15H2,(H,40,41)(H,42,43). The summed E-state index contributed by atoms with van der Waals surface area (Å²) in [6, 6.07) is 20.3. The first-order valence-corrected chi connectivity index (χ1v) is 13.6. The fourth-order valence-electron chi connectivity index (χ4n) is 5.04. The van der Waals surface area contributed by atoms with E-state index in [0.717, 1.165) is 9.80 Å². The van der Waals surface area contributed by atoms with Crippen LogP contribution in [0.2, 0.25) is 0 Å². The normalized spacial score (nSPS) is 13.6. The Labute approximate surface area is 254 Å². The number of imide groups is 2. The zero-order valence-corrected chi connectivity index (χ0v) is 23.3. The first-order valence-electron chi connectivity index (χ1n) is 13.6. The molecule has 2 aliphatic heterocycles. The lowest BCUT2D eigenvalue weighted by Gasteiger charge is -2.15. The van der Waals surface area contributed by atoms with Gasteiger partial charge in [-0.15, -0.1) is 0 Å². The third-order valence-electron chi connectivity index (χ3n) is 7.28. The van der Waals surface area contributed by atoms with E-state index in [2.05, 4.69) is 0 Å². The zero-order chi connectivity index (χ0) is 31.8. The molecule has 0 bridgehead atoms. The lowest BCUT2D eigenvalue weighted by Crippen LogP contribution is -2.29. The summed E-state index contributed by atoms with van der Waals surface area (Å²) in [6.45, 7) is 0.603. The molecule has 2 heterocycles. The van der Waals surface area contributed by atoms with Gasteiger partial charge in [-0.1, -0.05) is 0 Å². The quantitative estimate of drug-likeness (QED) is 0.193. The van der Waals surface area contributed by atoms with Gasteiger partial charge in [-0.05, 0) is 84.9 Å². The second kappa shape index (κ2) is 11.4. The molecule has 0 unspecified atom stereocenters. The number of amides is 4. The van der Waals surface area contributed by atoms with Gasteiger partial charge in [0, 0.05) is 6.42 Å². The van der Waals surface area contributed by atoms with Crippen LogP contribution < -0.4 is 19.3 Å². The summed E-state index contributed by atoms with van der Waals surface area (Å²) in [5, 5.41) is 18.4. The number of benzene rings is 4. The van der Waals surface area contributed by atoms with E-state index >= 15 is 0 Å². The van der Waals surface area contributed by atoms with Crippen LogP contribution in [0, 0.1) is 0 Å². The van der Waals surface area contributed by atoms with Crippen molar-refractivity contribution in [1.82, 2.24) is 0 Å². The Balaban J connectivity index is 0.991. The van der Waals surface area contributed by atoms with Crippen LogP contribution in [0.25, 0.3) is 0 Å². The Morgan fingerprint density at radius 2 is 0.867 bits per heavy atom. The van der Waals surface area contributed by atoms with Gasteiger partial charge in [0.1, 0.15) is 11.5 Å². The highest BCUT2D eigenvalue weighted by Crippen LogP contribution is 2.32. The highest BCUT2D eigenvalue weighted by atomic mass is 16.5. The fourth-order valence-corrected chi connectivity index (χ4v) is 5.04. The Kier molecular flexibility index (Phi) is 7.31. The number of hydrogen-bond donors (Lipinski definition) is 2. The summed E-state index contributed by atoms with van der Waals surface area (Å²) < 4.78 is 11.5. The fraction of sp³-hybridized carbons (Fsp3) is 0.0909. The predicted molar refractivity (Wildman–Crippen MR) is 158 cm³/mol. The molecule has 224 valence electrons. The van der Waals surface area contributed by atoms with E-state index in [4.69, 9.17) is 9.47 Å². The van der Waals surface area contributed by atoms with Crippen molar-refractivity contribution in [3.8, 4) is 11.5 Å². The van der Waals surface area contributed by atoms with E-state index in [1.807, 2.05) is 0 Å². The van der Waals surface area contributed by atoms with Gasteiger partial charge in [0.25, 0.3) is 23.6 Å². The van der Waals surface area contributed by atoms with E-state index in [0.29, 0.717) is 42.5 Å². The van der Waals surface area contributed by atoms with Crippen LogP contribution in [0.4, 0.5) is 11.4 Å². The van der Waals surface area contributed by atoms with Gasteiger partial charge in [-0.25, -0.2) is 19.4 Å². The van der Waals surface area contributed by atoms with Crippen molar-refractivity contribution in [2.45, 2.75) is 6.42 Å². The van der Waals surface area contributed by atoms with Crippen LogP contribution in [0.1, 0.15) is 68.6 Å². The average molecular weight is 607 g/mol.